The molecule has 0 saturated heterocycles. The Bertz CT molecular complexity index is 1070. The molecule has 0 amide bonds. The van der Waals surface area contributed by atoms with Gasteiger partial charge in [0.1, 0.15) is 16.2 Å². The van der Waals surface area contributed by atoms with E-state index in [0.717, 1.165) is 0 Å². The van der Waals surface area contributed by atoms with Crippen LogP contribution in [0.4, 0.5) is 0 Å². The molecule has 6 nitrogen and oxygen atoms in total. The van der Waals surface area contributed by atoms with Crippen LogP contribution in [-0.4, -0.2) is 14.4 Å². The Balaban J connectivity index is 1.95. The van der Waals surface area contributed by atoms with Gasteiger partial charge >= 0.3 is 10.1 Å². The highest BCUT2D eigenvalue weighted by molar-refractivity contribution is 7.87. The van der Waals surface area contributed by atoms with Gasteiger partial charge in [-0.2, -0.15) is 8.42 Å². The Morgan fingerprint density at radius 3 is 2.64 bits per heavy atom. The molecular weight excluding hydrogens is 391 g/mol. The molecule has 0 bridgehead atoms. The largest absolute Gasteiger partial charge is 0.550 e. The predicted molar refractivity (Wildman–Crippen MR) is 89.2 cm³/mol. The molecule has 0 spiro atoms. The Morgan fingerprint density at radius 1 is 1.16 bits per heavy atom. The molecule has 2 aromatic carbocycles. The van der Waals surface area contributed by atoms with Gasteiger partial charge in [-0.3, -0.25) is 0 Å². The first kappa shape index (κ1) is 17.6. The van der Waals surface area contributed by atoms with Crippen LogP contribution < -0.4 is 9.29 Å². The number of hydrogen-bond donors (Lipinski definition) is 0. The molecule has 1 aromatic heterocycles. The number of furan rings is 1. The lowest BCUT2D eigenvalue weighted by molar-refractivity contribution is -0.304. The molecule has 3 aromatic rings. The van der Waals surface area contributed by atoms with Crippen molar-refractivity contribution in [2.75, 3.05) is 0 Å². The van der Waals surface area contributed by atoms with Crippen LogP contribution in [-0.2, 0) is 21.3 Å². The standard InChI is InChI=1S/C16H10Cl2O6S/c17-10-1-4-13(18)15(6-10)25(21,22)24-11-2-3-12-9(5-16(19)20)8-23-14(12)7-11/h1-4,6-8H,5H2,(H,19,20)/p-1. The van der Waals surface area contributed by atoms with E-state index in [9.17, 15) is 18.3 Å². The van der Waals surface area contributed by atoms with E-state index in [1.165, 1.54) is 42.7 Å². The minimum absolute atomic E-state index is 0.0158. The van der Waals surface area contributed by atoms with Gasteiger partial charge in [-0.1, -0.05) is 23.2 Å². The minimum Gasteiger partial charge on any atom is -0.550 e. The summed E-state index contributed by atoms with van der Waals surface area (Å²) in [7, 11) is -4.21. The van der Waals surface area contributed by atoms with Gasteiger partial charge in [0.05, 0.1) is 11.3 Å². The molecule has 0 atom stereocenters. The van der Waals surface area contributed by atoms with Crippen molar-refractivity contribution in [3.63, 3.8) is 0 Å². The van der Waals surface area contributed by atoms with Crippen molar-refractivity contribution in [1.29, 1.82) is 0 Å². The van der Waals surface area contributed by atoms with Crippen molar-refractivity contribution >= 4 is 50.3 Å². The van der Waals surface area contributed by atoms with Crippen LogP contribution >= 0.6 is 23.2 Å². The van der Waals surface area contributed by atoms with E-state index < -0.39 is 16.1 Å². The summed E-state index contributed by atoms with van der Waals surface area (Å²) in [4.78, 5) is 10.4. The maximum Gasteiger partial charge on any atom is 0.340 e. The molecule has 1 heterocycles. The molecule has 130 valence electrons. The second kappa shape index (κ2) is 6.59. The van der Waals surface area contributed by atoms with Crippen LogP contribution in [0.5, 0.6) is 5.75 Å². The molecule has 0 N–H and O–H groups in total. The maximum atomic E-state index is 12.4. The molecule has 3 rings (SSSR count). The van der Waals surface area contributed by atoms with Crippen LogP contribution in [0.3, 0.4) is 0 Å². The lowest BCUT2D eigenvalue weighted by atomic mass is 10.1. The van der Waals surface area contributed by atoms with Crippen molar-refractivity contribution in [1.82, 2.24) is 0 Å². The third kappa shape index (κ3) is 3.73. The second-order valence-corrected chi connectivity index (χ2v) is 7.44. The highest BCUT2D eigenvalue weighted by Gasteiger charge is 2.21. The van der Waals surface area contributed by atoms with E-state index in [2.05, 4.69) is 0 Å². The quantitative estimate of drug-likeness (QED) is 0.611. The number of carboxylic acids is 1. The fourth-order valence-electron chi connectivity index (χ4n) is 2.25. The smallest absolute Gasteiger partial charge is 0.340 e. The summed E-state index contributed by atoms with van der Waals surface area (Å²) in [6, 6.07) is 8.21. The van der Waals surface area contributed by atoms with Gasteiger partial charge in [0, 0.05) is 34.4 Å². The molecule has 0 saturated carbocycles. The van der Waals surface area contributed by atoms with Gasteiger partial charge in [-0.25, -0.2) is 0 Å². The number of carbonyl (C=O) groups is 1. The van der Waals surface area contributed by atoms with Crippen LogP contribution in [0.1, 0.15) is 5.56 Å². The normalized spacial score (nSPS) is 11.6. The molecule has 0 aliphatic carbocycles. The van der Waals surface area contributed by atoms with Crippen molar-refractivity contribution in [3.05, 3.63) is 58.3 Å². The number of benzene rings is 2. The number of hydrogen-bond acceptors (Lipinski definition) is 6. The molecular formula is C16H9Cl2O6S-. The summed E-state index contributed by atoms with van der Waals surface area (Å²) in [5, 5.41) is 11.4. The first-order valence-corrected chi connectivity index (χ1v) is 9.02. The zero-order valence-corrected chi connectivity index (χ0v) is 14.7. The van der Waals surface area contributed by atoms with Crippen LogP contribution in [0.15, 0.2) is 52.0 Å². The second-order valence-electron chi connectivity index (χ2n) is 5.08. The molecule has 0 radical (unpaired) electrons. The predicted octanol–water partition coefficient (Wildman–Crippen LogP) is 2.80. The summed E-state index contributed by atoms with van der Waals surface area (Å²) in [6.07, 6.45) is 0.955. The van der Waals surface area contributed by atoms with Crippen LogP contribution in [0, 0.1) is 0 Å². The van der Waals surface area contributed by atoms with Gasteiger partial charge in [0.25, 0.3) is 0 Å². The number of carboxylic acid groups (broad SMARTS) is 1. The average molecular weight is 400 g/mol. The first-order valence-electron chi connectivity index (χ1n) is 6.86. The van der Waals surface area contributed by atoms with Gasteiger partial charge in [-0.15, -0.1) is 0 Å². The topological polar surface area (TPSA) is 96.6 Å². The summed E-state index contributed by atoms with van der Waals surface area (Å²) in [5.74, 6) is -1.26. The number of aliphatic carboxylic acids is 1. The number of rotatable bonds is 5. The fraction of sp³-hybridized carbons (Fsp3) is 0.0625. The Kier molecular flexibility index (Phi) is 4.64. The van der Waals surface area contributed by atoms with E-state index in [-0.39, 0.29) is 32.7 Å². The van der Waals surface area contributed by atoms with E-state index in [4.69, 9.17) is 31.8 Å². The maximum absolute atomic E-state index is 12.4. The number of halogens is 2. The monoisotopic (exact) mass is 399 g/mol. The number of carbonyl (C=O) groups excluding carboxylic acids is 1. The Morgan fingerprint density at radius 2 is 1.92 bits per heavy atom. The Hall–Kier alpha value is -2.22. The first-order chi connectivity index (χ1) is 11.8. The molecule has 9 heteroatoms. The van der Waals surface area contributed by atoms with Gasteiger partial charge in [0.2, 0.25) is 0 Å². The third-order valence-corrected chi connectivity index (χ3v) is 5.30. The molecule has 0 unspecified atom stereocenters. The van der Waals surface area contributed by atoms with Crippen molar-refractivity contribution in [3.8, 4) is 5.75 Å². The summed E-state index contributed by atoms with van der Waals surface area (Å²) in [5.41, 5.74) is 0.698. The van der Waals surface area contributed by atoms with Crippen molar-refractivity contribution in [2.45, 2.75) is 11.3 Å². The summed E-state index contributed by atoms with van der Waals surface area (Å²) < 4.78 is 35.1. The van der Waals surface area contributed by atoms with Crippen LogP contribution in [0.2, 0.25) is 10.0 Å². The minimum atomic E-state index is -4.21. The van der Waals surface area contributed by atoms with E-state index in [0.29, 0.717) is 10.9 Å². The Labute approximate surface area is 152 Å². The highest BCUT2D eigenvalue weighted by atomic mass is 35.5. The molecule has 0 aliphatic heterocycles. The molecule has 25 heavy (non-hydrogen) atoms. The van der Waals surface area contributed by atoms with E-state index in [1.54, 1.807) is 0 Å². The highest BCUT2D eigenvalue weighted by Crippen LogP contribution is 2.30. The molecule has 0 fully saturated rings. The lowest BCUT2D eigenvalue weighted by Crippen LogP contribution is -2.24. The van der Waals surface area contributed by atoms with Gasteiger partial charge in [-0.05, 0) is 30.3 Å². The fourth-order valence-corrected chi connectivity index (χ4v) is 3.91. The summed E-state index contributed by atoms with van der Waals surface area (Å²) >= 11 is 11.7. The molecule has 0 aliphatic rings. The average Bonchev–Trinajstić information content (AvgIpc) is 2.91. The van der Waals surface area contributed by atoms with E-state index >= 15 is 0 Å². The summed E-state index contributed by atoms with van der Waals surface area (Å²) in [6.45, 7) is 0. The SMILES string of the molecule is O=C([O-])Cc1coc2cc(OS(=O)(=O)c3cc(Cl)ccc3Cl)ccc12. The number of fused-ring (bicyclic) bond motifs is 1. The van der Waals surface area contributed by atoms with Gasteiger partial charge in [0.15, 0.2) is 0 Å². The zero-order valence-electron chi connectivity index (χ0n) is 12.4. The third-order valence-electron chi connectivity index (χ3n) is 3.33. The van der Waals surface area contributed by atoms with Crippen molar-refractivity contribution < 1.29 is 26.9 Å². The zero-order chi connectivity index (χ0) is 18.2. The lowest BCUT2D eigenvalue weighted by Gasteiger charge is -2.09. The van der Waals surface area contributed by atoms with Crippen LogP contribution in [0.25, 0.3) is 11.0 Å². The van der Waals surface area contributed by atoms with E-state index in [1.807, 2.05) is 0 Å². The van der Waals surface area contributed by atoms with Gasteiger partial charge < -0.3 is 18.5 Å². The van der Waals surface area contributed by atoms with Crippen molar-refractivity contribution in [2.24, 2.45) is 0 Å².